The Balaban J connectivity index is 5.32. The molecule has 0 fully saturated rings. The average molecular weight is 307 g/mol. The van der Waals surface area contributed by atoms with Crippen molar-refractivity contribution in [1.29, 1.82) is 0 Å². The van der Waals surface area contributed by atoms with Crippen molar-refractivity contribution in [1.82, 2.24) is 4.90 Å². The van der Waals surface area contributed by atoms with Crippen LogP contribution in [0.15, 0.2) is 0 Å². The van der Waals surface area contributed by atoms with Crippen LogP contribution in [0.4, 0.5) is 0 Å². The van der Waals surface area contributed by atoms with Gasteiger partial charge in [-0.05, 0) is 13.8 Å². The molecule has 0 bridgehead atoms. The predicted molar refractivity (Wildman–Crippen MR) is 61.8 cm³/mol. The van der Waals surface area contributed by atoms with Crippen molar-refractivity contribution in [2.45, 2.75) is 30.7 Å². The molecule has 0 rings (SSSR count). The van der Waals surface area contributed by atoms with E-state index in [1.807, 2.05) is 0 Å². The summed E-state index contributed by atoms with van der Waals surface area (Å²) in [5.41, 5.74) is 0. The zero-order valence-electron chi connectivity index (χ0n) is 9.83. The molecule has 0 heterocycles. The van der Waals surface area contributed by atoms with Crippen LogP contribution in [0.5, 0.6) is 0 Å². The lowest BCUT2D eigenvalue weighted by Crippen LogP contribution is -2.51. The highest BCUT2D eigenvalue weighted by Crippen LogP contribution is 2.15. The molecule has 0 aliphatic heterocycles. The van der Waals surface area contributed by atoms with Gasteiger partial charge in [0.2, 0.25) is 0 Å². The van der Waals surface area contributed by atoms with Crippen LogP contribution in [0.2, 0.25) is 0 Å². The van der Waals surface area contributed by atoms with E-state index in [9.17, 15) is 21.9 Å². The summed E-state index contributed by atoms with van der Waals surface area (Å²) in [6, 6.07) is 0. The van der Waals surface area contributed by atoms with Gasteiger partial charge in [0, 0.05) is 6.54 Å². The molecule has 0 amide bonds. The number of aliphatic hydroxyl groups is 2. The van der Waals surface area contributed by atoms with Crippen molar-refractivity contribution in [2.75, 3.05) is 13.2 Å². The molecule has 0 spiro atoms. The summed E-state index contributed by atoms with van der Waals surface area (Å²) < 4.78 is 61.6. The third-order valence-corrected chi connectivity index (χ3v) is 4.69. The van der Waals surface area contributed by atoms with Crippen LogP contribution in [-0.4, -0.2) is 71.1 Å². The largest absolute Gasteiger partial charge is 0.394 e. The summed E-state index contributed by atoms with van der Waals surface area (Å²) in [4.78, 5) is 0.644. The molecule has 0 aromatic carbocycles. The monoisotopic (exact) mass is 307 g/mol. The first-order valence-corrected chi connectivity index (χ1v) is 7.89. The van der Waals surface area contributed by atoms with E-state index < -0.39 is 50.2 Å². The molecule has 0 radical (unpaired) electrons. The Morgan fingerprint density at radius 2 is 1.33 bits per heavy atom. The maximum Gasteiger partial charge on any atom is 0.281 e. The first-order chi connectivity index (χ1) is 7.91. The Morgan fingerprint density at radius 1 is 1.00 bits per heavy atom. The average Bonchev–Trinajstić information content (AvgIpc) is 2.20. The van der Waals surface area contributed by atoms with Gasteiger partial charge in [-0.2, -0.15) is 16.8 Å². The fourth-order valence-electron chi connectivity index (χ4n) is 1.24. The highest BCUT2D eigenvalue weighted by atomic mass is 32.2. The fraction of sp³-hybridized carbons (Fsp3) is 1.00. The molecule has 0 saturated heterocycles. The molecular formula is C7H17NO8S2. The smallest absolute Gasteiger partial charge is 0.281 e. The third-order valence-electron chi connectivity index (χ3n) is 2.43. The van der Waals surface area contributed by atoms with Crippen LogP contribution in [0.3, 0.4) is 0 Å². The summed E-state index contributed by atoms with van der Waals surface area (Å²) >= 11 is 0. The summed E-state index contributed by atoms with van der Waals surface area (Å²) in [5.74, 6) is 0. The van der Waals surface area contributed by atoms with Crippen molar-refractivity contribution in [3.63, 3.8) is 0 Å². The van der Waals surface area contributed by atoms with Crippen molar-refractivity contribution in [3.8, 4) is 0 Å². The summed E-state index contributed by atoms with van der Waals surface area (Å²) in [6.07, 6.45) is -1.42. The van der Waals surface area contributed by atoms with Crippen LogP contribution in [0.25, 0.3) is 0 Å². The molecule has 4 N–H and O–H groups in total. The minimum Gasteiger partial charge on any atom is -0.394 e. The Kier molecular flexibility index (Phi) is 6.13. The minimum atomic E-state index is -4.60. The lowest BCUT2D eigenvalue weighted by atomic mass is 10.3. The standard InChI is InChI=1S/C7H17NO8S2/c1-5(17(11,12)13)8(3-7(10)4-9)6(2)18(14,15)16/h5-7,9-10H,3-4H2,1-2H3,(H,11,12,13)(H,14,15,16). The van der Waals surface area contributed by atoms with E-state index in [-0.39, 0.29) is 0 Å². The molecule has 0 aromatic rings. The van der Waals surface area contributed by atoms with Crippen LogP contribution in [-0.2, 0) is 20.2 Å². The van der Waals surface area contributed by atoms with Gasteiger partial charge in [-0.1, -0.05) is 0 Å². The van der Waals surface area contributed by atoms with E-state index in [2.05, 4.69) is 0 Å². The first-order valence-electron chi connectivity index (χ1n) is 4.88. The molecule has 110 valence electrons. The van der Waals surface area contributed by atoms with Gasteiger partial charge >= 0.3 is 0 Å². The number of aliphatic hydroxyl groups excluding tert-OH is 2. The molecular weight excluding hydrogens is 290 g/mol. The molecule has 0 aliphatic rings. The zero-order chi connectivity index (χ0) is 14.7. The third kappa shape index (κ3) is 5.14. The summed E-state index contributed by atoms with van der Waals surface area (Å²) in [5, 5.41) is 14.5. The van der Waals surface area contributed by atoms with Crippen LogP contribution < -0.4 is 0 Å². The summed E-state index contributed by atoms with van der Waals surface area (Å²) in [7, 11) is -9.21. The number of nitrogens with zero attached hydrogens (tertiary/aromatic N) is 1. The van der Waals surface area contributed by atoms with Crippen molar-refractivity contribution in [3.05, 3.63) is 0 Å². The van der Waals surface area contributed by atoms with Gasteiger partial charge in [0.1, 0.15) is 10.7 Å². The van der Waals surface area contributed by atoms with E-state index in [4.69, 9.17) is 14.2 Å². The molecule has 0 aliphatic carbocycles. The van der Waals surface area contributed by atoms with Gasteiger partial charge in [-0.3, -0.25) is 14.0 Å². The predicted octanol–water partition coefficient (Wildman–Crippen LogP) is -1.89. The molecule has 18 heavy (non-hydrogen) atoms. The van der Waals surface area contributed by atoms with Crippen LogP contribution in [0.1, 0.15) is 13.8 Å². The van der Waals surface area contributed by atoms with E-state index in [1.54, 1.807) is 0 Å². The highest BCUT2D eigenvalue weighted by molar-refractivity contribution is 7.87. The van der Waals surface area contributed by atoms with Gasteiger partial charge in [-0.15, -0.1) is 0 Å². The first kappa shape index (κ1) is 17.7. The molecule has 3 unspecified atom stereocenters. The number of hydrogen-bond donors (Lipinski definition) is 4. The lowest BCUT2D eigenvalue weighted by Gasteiger charge is -2.31. The van der Waals surface area contributed by atoms with E-state index in [0.29, 0.717) is 4.90 Å². The molecule has 3 atom stereocenters. The minimum absolute atomic E-state index is 0.557. The quantitative estimate of drug-likeness (QED) is 0.395. The second kappa shape index (κ2) is 6.23. The SMILES string of the molecule is CC(N(CC(O)CO)C(C)S(=O)(=O)O)S(=O)(=O)O. The van der Waals surface area contributed by atoms with Gasteiger partial charge < -0.3 is 10.2 Å². The summed E-state index contributed by atoms with van der Waals surface area (Å²) in [6.45, 7) is 0.688. The van der Waals surface area contributed by atoms with Gasteiger partial charge in [-0.25, -0.2) is 0 Å². The molecule has 0 aromatic heterocycles. The zero-order valence-corrected chi connectivity index (χ0v) is 11.5. The number of rotatable bonds is 7. The van der Waals surface area contributed by atoms with Gasteiger partial charge in [0.15, 0.2) is 0 Å². The fourth-order valence-corrected chi connectivity index (χ4v) is 2.53. The highest BCUT2D eigenvalue weighted by Gasteiger charge is 2.35. The van der Waals surface area contributed by atoms with Crippen LogP contribution >= 0.6 is 0 Å². The van der Waals surface area contributed by atoms with E-state index in [0.717, 1.165) is 13.8 Å². The second-order valence-corrected chi connectivity index (χ2v) is 7.19. The second-order valence-electron chi connectivity index (χ2n) is 3.76. The Bertz CT molecular complexity index is 420. The van der Waals surface area contributed by atoms with Crippen LogP contribution in [0, 0.1) is 0 Å². The Morgan fingerprint density at radius 3 is 1.56 bits per heavy atom. The number of hydrogen-bond acceptors (Lipinski definition) is 7. The van der Waals surface area contributed by atoms with E-state index >= 15 is 0 Å². The Hall–Kier alpha value is -0.300. The van der Waals surface area contributed by atoms with Crippen molar-refractivity contribution in [2.24, 2.45) is 0 Å². The maximum absolute atomic E-state index is 11.0. The molecule has 9 nitrogen and oxygen atoms in total. The van der Waals surface area contributed by atoms with Gasteiger partial charge in [0.05, 0.1) is 12.7 Å². The Labute approximate surface area is 106 Å². The topological polar surface area (TPSA) is 152 Å². The molecule has 0 saturated carbocycles. The van der Waals surface area contributed by atoms with Crippen molar-refractivity contribution >= 4 is 20.2 Å². The molecule has 11 heteroatoms. The van der Waals surface area contributed by atoms with E-state index in [1.165, 1.54) is 0 Å². The lowest BCUT2D eigenvalue weighted by molar-refractivity contribution is 0.0515. The van der Waals surface area contributed by atoms with Gasteiger partial charge in [0.25, 0.3) is 20.2 Å². The maximum atomic E-state index is 11.0. The van der Waals surface area contributed by atoms with Crippen molar-refractivity contribution < 1.29 is 36.2 Å². The normalized spacial score (nSPS) is 18.6.